The van der Waals surface area contributed by atoms with E-state index in [2.05, 4.69) is 0 Å². The van der Waals surface area contributed by atoms with Crippen LogP contribution in [0.2, 0.25) is 0 Å². The summed E-state index contributed by atoms with van der Waals surface area (Å²) < 4.78 is 11.2. The summed E-state index contributed by atoms with van der Waals surface area (Å²) in [6.07, 6.45) is 4.59. The SMILES string of the molecule is COc1cc(CCC(=O)c2ccc3c(c2O)C=CC(C)(C)O3)ccc1C. The number of rotatable bonds is 5. The summed E-state index contributed by atoms with van der Waals surface area (Å²) in [4.78, 5) is 12.6. The van der Waals surface area contributed by atoms with Crippen LogP contribution in [-0.4, -0.2) is 23.6 Å². The fourth-order valence-corrected chi connectivity index (χ4v) is 3.08. The van der Waals surface area contributed by atoms with Gasteiger partial charge >= 0.3 is 0 Å². The molecule has 0 unspecified atom stereocenters. The molecule has 0 amide bonds. The van der Waals surface area contributed by atoms with Crippen molar-refractivity contribution in [3.8, 4) is 17.2 Å². The summed E-state index contributed by atoms with van der Waals surface area (Å²) in [7, 11) is 1.64. The summed E-state index contributed by atoms with van der Waals surface area (Å²) in [5, 5.41) is 10.5. The zero-order valence-electron chi connectivity index (χ0n) is 15.6. The molecule has 1 N–H and O–H groups in total. The zero-order chi connectivity index (χ0) is 18.9. The number of carbonyl (C=O) groups is 1. The molecule has 0 bridgehead atoms. The van der Waals surface area contributed by atoms with Gasteiger partial charge in [-0.05, 0) is 68.7 Å². The highest BCUT2D eigenvalue weighted by Crippen LogP contribution is 2.38. The second-order valence-electron chi connectivity index (χ2n) is 7.14. The summed E-state index contributed by atoms with van der Waals surface area (Å²) in [5.41, 5.74) is 2.56. The molecular weight excluding hydrogens is 328 g/mol. The fourth-order valence-electron chi connectivity index (χ4n) is 3.08. The number of aryl methyl sites for hydroxylation is 2. The van der Waals surface area contributed by atoms with Crippen LogP contribution in [-0.2, 0) is 6.42 Å². The third-order valence-electron chi connectivity index (χ3n) is 4.62. The predicted molar refractivity (Wildman–Crippen MR) is 102 cm³/mol. The second-order valence-corrected chi connectivity index (χ2v) is 7.14. The first-order valence-corrected chi connectivity index (χ1v) is 8.71. The Kier molecular flexibility index (Phi) is 4.77. The maximum atomic E-state index is 12.6. The molecular formula is C22H24O4. The van der Waals surface area contributed by atoms with Crippen LogP contribution in [0.4, 0.5) is 0 Å². The maximum Gasteiger partial charge on any atom is 0.166 e. The van der Waals surface area contributed by atoms with Gasteiger partial charge in [-0.3, -0.25) is 4.79 Å². The van der Waals surface area contributed by atoms with Crippen LogP contribution in [0.1, 0.15) is 47.3 Å². The van der Waals surface area contributed by atoms with Gasteiger partial charge < -0.3 is 14.6 Å². The Balaban J connectivity index is 1.77. The molecule has 0 aromatic heterocycles. The monoisotopic (exact) mass is 352 g/mol. The number of aromatic hydroxyl groups is 1. The van der Waals surface area contributed by atoms with Crippen molar-refractivity contribution in [3.05, 3.63) is 58.7 Å². The largest absolute Gasteiger partial charge is 0.506 e. The number of ether oxygens (including phenoxy) is 2. The van der Waals surface area contributed by atoms with Gasteiger partial charge in [-0.1, -0.05) is 12.1 Å². The Hall–Kier alpha value is -2.75. The standard InChI is InChI=1S/C22H24O4/c1-14-5-6-15(13-20(14)25-4)7-9-18(23)16-8-10-19-17(21(16)24)11-12-22(2,3)26-19/h5-6,8,10-13,24H,7,9H2,1-4H3. The average molecular weight is 352 g/mol. The van der Waals surface area contributed by atoms with E-state index in [1.807, 2.05) is 51.1 Å². The molecule has 1 aliphatic rings. The molecule has 0 saturated heterocycles. The van der Waals surface area contributed by atoms with Crippen LogP contribution in [0.3, 0.4) is 0 Å². The Labute approximate surface area is 154 Å². The number of methoxy groups -OCH3 is 1. The van der Waals surface area contributed by atoms with E-state index in [9.17, 15) is 9.90 Å². The van der Waals surface area contributed by atoms with E-state index in [0.29, 0.717) is 29.7 Å². The topological polar surface area (TPSA) is 55.8 Å². The second kappa shape index (κ2) is 6.87. The molecule has 0 saturated carbocycles. The highest BCUT2D eigenvalue weighted by atomic mass is 16.5. The number of hydrogen-bond donors (Lipinski definition) is 1. The number of carbonyl (C=O) groups excluding carboxylic acids is 1. The third-order valence-corrected chi connectivity index (χ3v) is 4.62. The molecule has 0 atom stereocenters. The first-order valence-electron chi connectivity index (χ1n) is 8.71. The number of ketones is 1. The summed E-state index contributed by atoms with van der Waals surface area (Å²) in [6.45, 7) is 5.87. The lowest BCUT2D eigenvalue weighted by atomic mass is 9.96. The van der Waals surface area contributed by atoms with Gasteiger partial charge in [0.15, 0.2) is 5.78 Å². The van der Waals surface area contributed by atoms with Crippen LogP contribution in [0.15, 0.2) is 36.4 Å². The zero-order valence-corrected chi connectivity index (χ0v) is 15.6. The lowest BCUT2D eigenvalue weighted by molar-refractivity contribution is 0.0980. The highest BCUT2D eigenvalue weighted by Gasteiger charge is 2.25. The minimum atomic E-state index is -0.421. The third kappa shape index (κ3) is 3.59. The highest BCUT2D eigenvalue weighted by molar-refractivity contribution is 6.00. The fraction of sp³-hybridized carbons (Fsp3) is 0.318. The molecule has 136 valence electrons. The van der Waals surface area contributed by atoms with Crippen LogP contribution in [0.25, 0.3) is 6.08 Å². The summed E-state index contributed by atoms with van der Waals surface area (Å²) in [5.74, 6) is 1.30. The maximum absolute atomic E-state index is 12.6. The van der Waals surface area contributed by atoms with Gasteiger partial charge in [0.05, 0.1) is 18.2 Å². The molecule has 1 aliphatic heterocycles. The molecule has 4 nitrogen and oxygen atoms in total. The van der Waals surface area contributed by atoms with Crippen molar-refractivity contribution in [3.63, 3.8) is 0 Å². The van der Waals surface area contributed by atoms with E-state index in [1.165, 1.54) is 0 Å². The Morgan fingerprint density at radius 3 is 2.73 bits per heavy atom. The number of hydrogen-bond acceptors (Lipinski definition) is 4. The number of fused-ring (bicyclic) bond motifs is 1. The van der Waals surface area contributed by atoms with Crippen LogP contribution >= 0.6 is 0 Å². The summed E-state index contributed by atoms with van der Waals surface area (Å²) >= 11 is 0. The quantitative estimate of drug-likeness (QED) is 0.792. The van der Waals surface area contributed by atoms with Gasteiger partial charge in [-0.25, -0.2) is 0 Å². The van der Waals surface area contributed by atoms with Crippen LogP contribution in [0.5, 0.6) is 17.2 Å². The van der Waals surface area contributed by atoms with E-state index >= 15 is 0 Å². The Morgan fingerprint density at radius 2 is 2.00 bits per heavy atom. The Bertz CT molecular complexity index is 878. The smallest absolute Gasteiger partial charge is 0.166 e. The summed E-state index contributed by atoms with van der Waals surface area (Å²) in [6, 6.07) is 9.33. The van der Waals surface area contributed by atoms with Gasteiger partial charge in [-0.2, -0.15) is 0 Å². The molecule has 0 spiro atoms. The molecule has 3 rings (SSSR count). The first kappa shape index (κ1) is 18.1. The predicted octanol–water partition coefficient (Wildman–Crippen LogP) is 4.71. The molecule has 2 aromatic carbocycles. The van der Waals surface area contributed by atoms with Crippen molar-refractivity contribution >= 4 is 11.9 Å². The van der Waals surface area contributed by atoms with Gasteiger partial charge in [0, 0.05) is 6.42 Å². The van der Waals surface area contributed by atoms with Crippen molar-refractivity contribution in [2.75, 3.05) is 7.11 Å². The average Bonchev–Trinajstić information content (AvgIpc) is 2.60. The first-order chi connectivity index (χ1) is 12.3. The molecule has 2 aromatic rings. The number of phenols is 1. The van der Waals surface area contributed by atoms with Gasteiger partial charge in [-0.15, -0.1) is 0 Å². The van der Waals surface area contributed by atoms with Crippen molar-refractivity contribution in [2.45, 2.75) is 39.2 Å². The molecule has 0 radical (unpaired) electrons. The van der Waals surface area contributed by atoms with Crippen LogP contribution < -0.4 is 9.47 Å². The van der Waals surface area contributed by atoms with Crippen molar-refractivity contribution < 1.29 is 19.4 Å². The minimum absolute atomic E-state index is 0.0132. The van der Waals surface area contributed by atoms with Gasteiger partial charge in [0.1, 0.15) is 22.8 Å². The minimum Gasteiger partial charge on any atom is -0.506 e. The number of benzene rings is 2. The van der Waals surface area contributed by atoms with E-state index < -0.39 is 5.60 Å². The molecule has 1 heterocycles. The van der Waals surface area contributed by atoms with Crippen molar-refractivity contribution in [1.29, 1.82) is 0 Å². The molecule has 0 aliphatic carbocycles. The van der Waals surface area contributed by atoms with Gasteiger partial charge in [0.25, 0.3) is 0 Å². The molecule has 0 fully saturated rings. The number of Topliss-reactive ketones (excluding diaryl/α,β-unsaturated/α-hetero) is 1. The Morgan fingerprint density at radius 1 is 1.23 bits per heavy atom. The normalized spacial score (nSPS) is 14.5. The van der Waals surface area contributed by atoms with Crippen LogP contribution in [0, 0.1) is 6.92 Å². The molecule has 4 heteroatoms. The lowest BCUT2D eigenvalue weighted by Crippen LogP contribution is -2.27. The van der Waals surface area contributed by atoms with E-state index in [-0.39, 0.29) is 11.5 Å². The van der Waals surface area contributed by atoms with E-state index in [0.717, 1.165) is 16.9 Å². The lowest BCUT2D eigenvalue weighted by Gasteiger charge is -2.28. The molecule has 26 heavy (non-hydrogen) atoms. The van der Waals surface area contributed by atoms with Gasteiger partial charge in [0.2, 0.25) is 0 Å². The van der Waals surface area contributed by atoms with E-state index in [4.69, 9.17) is 9.47 Å². The number of phenolic OH excluding ortho intramolecular Hbond substituents is 1. The van der Waals surface area contributed by atoms with Crippen molar-refractivity contribution in [1.82, 2.24) is 0 Å². The van der Waals surface area contributed by atoms with Crippen molar-refractivity contribution in [2.24, 2.45) is 0 Å². The van der Waals surface area contributed by atoms with E-state index in [1.54, 1.807) is 19.2 Å².